The van der Waals surface area contributed by atoms with Crippen LogP contribution in [0.4, 0.5) is 5.69 Å². The molecule has 2 amide bonds. The summed E-state index contributed by atoms with van der Waals surface area (Å²) < 4.78 is 0. The number of nitrogens with zero attached hydrogens (tertiary/aromatic N) is 1. The van der Waals surface area contributed by atoms with Crippen LogP contribution in [0.1, 0.15) is 19.3 Å². The van der Waals surface area contributed by atoms with E-state index in [1.165, 1.54) is 4.90 Å². The minimum atomic E-state index is -0.924. The maximum absolute atomic E-state index is 11.9. The number of carbonyl (C=O) groups is 2. The van der Waals surface area contributed by atoms with E-state index in [1.807, 2.05) is 0 Å². The number of likely N-dealkylation sites (tertiary alicyclic amines) is 1. The van der Waals surface area contributed by atoms with Gasteiger partial charge in [0.15, 0.2) is 5.75 Å². The van der Waals surface area contributed by atoms with Crippen molar-refractivity contribution in [3.63, 3.8) is 0 Å². The van der Waals surface area contributed by atoms with Crippen molar-refractivity contribution in [1.29, 1.82) is 0 Å². The fourth-order valence-electron chi connectivity index (χ4n) is 2.34. The van der Waals surface area contributed by atoms with Crippen LogP contribution in [0, 0.1) is 0 Å². The lowest BCUT2D eigenvalue weighted by atomic mass is 10.2. The summed E-state index contributed by atoms with van der Waals surface area (Å²) in [6.45, 7) is 0.580. The first-order valence-corrected chi connectivity index (χ1v) is 6.28. The molecule has 1 atom stereocenters. The largest absolute Gasteiger partial charge is 0.502 e. The van der Waals surface area contributed by atoms with Crippen LogP contribution in [0.3, 0.4) is 0 Å². The predicted molar refractivity (Wildman–Crippen MR) is 70.1 cm³/mol. The third-order valence-corrected chi connectivity index (χ3v) is 3.43. The van der Waals surface area contributed by atoms with Gasteiger partial charge in [0.1, 0.15) is 11.7 Å². The highest BCUT2D eigenvalue weighted by atomic mass is 16.3. The van der Waals surface area contributed by atoms with Crippen molar-refractivity contribution < 1.29 is 14.7 Å². The van der Waals surface area contributed by atoms with Gasteiger partial charge in [-0.25, -0.2) is 0 Å². The quantitative estimate of drug-likeness (QED) is 0.550. The number of hydrogen-bond donors (Lipinski definition) is 3. The highest BCUT2D eigenvalue weighted by Gasteiger charge is 2.32. The summed E-state index contributed by atoms with van der Waals surface area (Å²) in [4.78, 5) is 46.3. The molecule has 108 valence electrons. The van der Waals surface area contributed by atoms with Gasteiger partial charge < -0.3 is 21.1 Å². The van der Waals surface area contributed by atoms with Crippen molar-refractivity contribution in [2.24, 2.45) is 5.73 Å². The van der Waals surface area contributed by atoms with Crippen LogP contribution in [-0.4, -0.2) is 41.0 Å². The molecule has 4 N–H and O–H groups in total. The molecule has 1 aromatic carbocycles. The van der Waals surface area contributed by atoms with Crippen LogP contribution in [0.15, 0.2) is 9.59 Å². The number of nitrogens with two attached hydrogens (primary N) is 1. The van der Waals surface area contributed by atoms with Crippen molar-refractivity contribution in [3.8, 4) is 5.75 Å². The SMILES string of the molecule is NC(=O)[C@@H]1CCCN1C(=O)CCNc1c(O)c(=O)c1=O. The van der Waals surface area contributed by atoms with Gasteiger partial charge in [0.05, 0.1) is 0 Å². The number of amides is 2. The molecule has 8 heteroatoms. The van der Waals surface area contributed by atoms with Gasteiger partial charge in [-0.1, -0.05) is 0 Å². The lowest BCUT2D eigenvalue weighted by Gasteiger charge is -2.22. The Morgan fingerprint density at radius 1 is 1.35 bits per heavy atom. The zero-order valence-electron chi connectivity index (χ0n) is 10.7. The van der Waals surface area contributed by atoms with Gasteiger partial charge in [0.25, 0.3) is 10.9 Å². The maximum atomic E-state index is 11.9. The number of anilines is 1. The van der Waals surface area contributed by atoms with Gasteiger partial charge in [-0.2, -0.15) is 0 Å². The molecule has 1 aliphatic heterocycles. The van der Waals surface area contributed by atoms with E-state index in [0.717, 1.165) is 6.42 Å². The highest BCUT2D eigenvalue weighted by Crippen LogP contribution is 2.18. The fraction of sp³-hybridized carbons (Fsp3) is 0.500. The normalized spacial score (nSPS) is 18.4. The minimum absolute atomic E-state index is 0.0437. The van der Waals surface area contributed by atoms with E-state index >= 15 is 0 Å². The first-order valence-electron chi connectivity index (χ1n) is 6.28. The number of rotatable bonds is 5. The Balaban J connectivity index is 1.86. The van der Waals surface area contributed by atoms with Crippen molar-refractivity contribution in [2.75, 3.05) is 18.4 Å². The number of nitrogens with one attached hydrogen (secondary N) is 1. The van der Waals surface area contributed by atoms with E-state index in [1.54, 1.807) is 0 Å². The molecule has 0 radical (unpaired) electrons. The molecule has 0 saturated carbocycles. The third-order valence-electron chi connectivity index (χ3n) is 3.43. The van der Waals surface area contributed by atoms with Gasteiger partial charge in [0, 0.05) is 19.5 Å². The number of primary amides is 1. The van der Waals surface area contributed by atoms with Crippen LogP contribution >= 0.6 is 0 Å². The molecule has 1 heterocycles. The molecule has 1 aliphatic rings. The fourth-order valence-corrected chi connectivity index (χ4v) is 2.34. The Bertz CT molecular complexity index is 617. The van der Waals surface area contributed by atoms with Crippen LogP contribution in [0.25, 0.3) is 0 Å². The summed E-state index contributed by atoms with van der Waals surface area (Å²) in [5.74, 6) is -1.38. The van der Waals surface area contributed by atoms with E-state index < -0.39 is 28.6 Å². The second-order valence-corrected chi connectivity index (χ2v) is 4.71. The molecule has 0 unspecified atom stereocenters. The van der Waals surface area contributed by atoms with Crippen LogP contribution in [0.5, 0.6) is 5.75 Å². The van der Waals surface area contributed by atoms with Gasteiger partial charge >= 0.3 is 0 Å². The molecule has 2 rings (SSSR count). The zero-order valence-corrected chi connectivity index (χ0v) is 10.7. The second kappa shape index (κ2) is 5.32. The van der Waals surface area contributed by atoms with E-state index in [2.05, 4.69) is 5.32 Å². The molecular weight excluding hydrogens is 266 g/mol. The van der Waals surface area contributed by atoms with Gasteiger partial charge in [0.2, 0.25) is 11.8 Å². The predicted octanol–water partition coefficient (Wildman–Crippen LogP) is -1.73. The van der Waals surface area contributed by atoms with Gasteiger partial charge in [-0.3, -0.25) is 19.2 Å². The highest BCUT2D eigenvalue weighted by molar-refractivity contribution is 5.87. The lowest BCUT2D eigenvalue weighted by molar-refractivity contribution is -0.137. The standard InChI is InChI=1S/C12H15N3O5/c13-12(20)6-2-1-5-15(6)7(16)3-4-14-8-9(17)11(19)10(8)18/h6,14,17H,1-5H2,(H2,13,20)/t6-/m0/s1. The molecular formula is C12H15N3O5. The van der Waals surface area contributed by atoms with Crippen molar-refractivity contribution >= 4 is 17.5 Å². The molecule has 0 aromatic heterocycles. The van der Waals surface area contributed by atoms with Crippen molar-refractivity contribution in [1.82, 2.24) is 4.90 Å². The molecule has 1 saturated heterocycles. The Hall–Kier alpha value is -2.38. The minimum Gasteiger partial charge on any atom is -0.502 e. The molecule has 8 nitrogen and oxygen atoms in total. The number of aromatic hydroxyl groups is 1. The Morgan fingerprint density at radius 3 is 2.65 bits per heavy atom. The second-order valence-electron chi connectivity index (χ2n) is 4.71. The first-order chi connectivity index (χ1) is 9.43. The molecule has 0 spiro atoms. The Kier molecular flexibility index (Phi) is 3.73. The summed E-state index contributed by atoms with van der Waals surface area (Å²) in [5, 5.41) is 11.7. The van der Waals surface area contributed by atoms with E-state index in [9.17, 15) is 19.2 Å². The van der Waals surface area contributed by atoms with Crippen LogP contribution in [0.2, 0.25) is 0 Å². The number of carbonyl (C=O) groups excluding carboxylic acids is 2. The summed E-state index contributed by atoms with van der Waals surface area (Å²) in [7, 11) is 0. The summed E-state index contributed by atoms with van der Waals surface area (Å²) in [6, 6.07) is -0.568. The summed E-state index contributed by atoms with van der Waals surface area (Å²) in [5.41, 5.74) is 3.35. The van der Waals surface area contributed by atoms with Crippen molar-refractivity contribution in [2.45, 2.75) is 25.3 Å². The maximum Gasteiger partial charge on any atom is 0.271 e. The molecule has 0 bridgehead atoms. The zero-order chi connectivity index (χ0) is 14.9. The number of hydrogen-bond acceptors (Lipinski definition) is 6. The topological polar surface area (TPSA) is 130 Å². The van der Waals surface area contributed by atoms with Gasteiger partial charge in [-0.15, -0.1) is 0 Å². The van der Waals surface area contributed by atoms with E-state index in [0.29, 0.717) is 13.0 Å². The van der Waals surface area contributed by atoms with E-state index in [-0.39, 0.29) is 24.6 Å². The lowest BCUT2D eigenvalue weighted by Crippen LogP contribution is -2.44. The van der Waals surface area contributed by atoms with Crippen molar-refractivity contribution in [3.05, 3.63) is 20.4 Å². The monoisotopic (exact) mass is 281 g/mol. The van der Waals surface area contributed by atoms with Gasteiger partial charge in [-0.05, 0) is 12.8 Å². The summed E-state index contributed by atoms with van der Waals surface area (Å²) in [6.07, 6.45) is 1.33. The van der Waals surface area contributed by atoms with E-state index in [4.69, 9.17) is 10.8 Å². The Morgan fingerprint density at radius 2 is 2.05 bits per heavy atom. The third kappa shape index (κ3) is 2.36. The molecule has 0 aliphatic carbocycles. The van der Waals surface area contributed by atoms with Crippen LogP contribution < -0.4 is 21.9 Å². The Labute approximate surface area is 113 Å². The summed E-state index contributed by atoms with van der Waals surface area (Å²) >= 11 is 0. The molecule has 1 aromatic rings. The molecule has 20 heavy (non-hydrogen) atoms. The average Bonchev–Trinajstić information content (AvgIpc) is 2.91. The average molecular weight is 281 g/mol. The molecule has 1 fully saturated rings. The smallest absolute Gasteiger partial charge is 0.271 e. The van der Waals surface area contributed by atoms with Crippen LogP contribution in [-0.2, 0) is 9.59 Å². The first kappa shape index (κ1) is 14.0.